The Bertz CT molecular complexity index is 378. The fraction of sp³-hybridized carbons (Fsp3) is 0.833. The second-order valence-corrected chi connectivity index (χ2v) is 6.63. The van der Waals surface area contributed by atoms with Gasteiger partial charge in [-0.25, -0.2) is 4.98 Å². The fourth-order valence-corrected chi connectivity index (χ4v) is 2.83. The highest BCUT2D eigenvalue weighted by molar-refractivity contribution is 7.09. The van der Waals surface area contributed by atoms with E-state index in [1.54, 1.807) is 0 Å². The Hall–Kier alpha value is -0.680. The largest absolute Gasteiger partial charge is 0.345 e. The van der Waals surface area contributed by atoms with Gasteiger partial charge in [0, 0.05) is 36.6 Å². The molecular formula is C12H22N4S. The Morgan fingerprint density at radius 1 is 1.47 bits per heavy atom. The van der Waals surface area contributed by atoms with Crippen LogP contribution in [-0.2, 0) is 5.41 Å². The number of hydrogen-bond donors (Lipinski definition) is 1. The van der Waals surface area contributed by atoms with Crippen LogP contribution in [-0.4, -0.2) is 29.0 Å². The number of nitrogens with zero attached hydrogens (tertiary/aromatic N) is 3. The van der Waals surface area contributed by atoms with E-state index in [1.807, 2.05) is 0 Å². The van der Waals surface area contributed by atoms with E-state index in [9.17, 15) is 0 Å². The highest BCUT2D eigenvalue weighted by Crippen LogP contribution is 2.36. The molecule has 0 aliphatic heterocycles. The van der Waals surface area contributed by atoms with Gasteiger partial charge in [-0.05, 0) is 18.8 Å². The summed E-state index contributed by atoms with van der Waals surface area (Å²) in [5.74, 6) is 1.68. The predicted octanol–water partition coefficient (Wildman–Crippen LogP) is 2.01. The SMILES string of the molecule is CN(c1nc(C(C)(C)C)ns1)C(CN)C1CC1. The summed E-state index contributed by atoms with van der Waals surface area (Å²) in [4.78, 5) is 6.85. The average Bonchev–Trinajstić information content (AvgIpc) is 2.94. The molecule has 0 spiro atoms. The smallest absolute Gasteiger partial charge is 0.205 e. The first-order valence-electron chi connectivity index (χ1n) is 6.20. The lowest BCUT2D eigenvalue weighted by molar-refractivity contribution is 0.546. The van der Waals surface area contributed by atoms with Crippen molar-refractivity contribution in [3.63, 3.8) is 0 Å². The van der Waals surface area contributed by atoms with E-state index >= 15 is 0 Å². The Labute approximate surface area is 107 Å². The van der Waals surface area contributed by atoms with E-state index in [-0.39, 0.29) is 5.41 Å². The Morgan fingerprint density at radius 3 is 2.53 bits per heavy atom. The summed E-state index contributed by atoms with van der Waals surface area (Å²) in [7, 11) is 2.09. The minimum atomic E-state index is 0.0212. The Balaban J connectivity index is 2.13. The van der Waals surface area contributed by atoms with E-state index in [1.165, 1.54) is 24.4 Å². The topological polar surface area (TPSA) is 55.0 Å². The second kappa shape index (κ2) is 4.53. The normalized spacial score (nSPS) is 18.2. The lowest BCUT2D eigenvalue weighted by Crippen LogP contribution is -2.39. The van der Waals surface area contributed by atoms with Crippen LogP contribution in [0.1, 0.15) is 39.4 Å². The maximum absolute atomic E-state index is 5.86. The molecule has 1 aliphatic rings. The van der Waals surface area contributed by atoms with Gasteiger partial charge in [-0.2, -0.15) is 4.37 Å². The standard InChI is InChI=1S/C12H22N4S/c1-12(2,3)10-14-11(17-15-10)16(4)9(7-13)8-5-6-8/h8-9H,5-7,13H2,1-4H3. The second-order valence-electron chi connectivity index (χ2n) is 5.90. The number of rotatable bonds is 4. The monoisotopic (exact) mass is 254 g/mol. The van der Waals surface area contributed by atoms with Crippen molar-refractivity contribution >= 4 is 16.7 Å². The molecule has 1 aromatic rings. The van der Waals surface area contributed by atoms with Crippen LogP contribution >= 0.6 is 11.5 Å². The van der Waals surface area contributed by atoms with Crippen LogP contribution in [0.2, 0.25) is 0 Å². The number of hydrogen-bond acceptors (Lipinski definition) is 5. The lowest BCUT2D eigenvalue weighted by Gasteiger charge is -2.26. The molecule has 1 heterocycles. The summed E-state index contributed by atoms with van der Waals surface area (Å²) in [6.07, 6.45) is 2.61. The van der Waals surface area contributed by atoms with Crippen LogP contribution in [0.15, 0.2) is 0 Å². The van der Waals surface area contributed by atoms with Crippen LogP contribution in [0, 0.1) is 5.92 Å². The number of anilines is 1. The predicted molar refractivity (Wildman–Crippen MR) is 72.6 cm³/mol. The molecule has 1 fully saturated rings. The van der Waals surface area contributed by atoms with Crippen LogP contribution in [0.25, 0.3) is 0 Å². The summed E-state index contributed by atoms with van der Waals surface area (Å²) >= 11 is 1.48. The molecule has 17 heavy (non-hydrogen) atoms. The van der Waals surface area contributed by atoms with Gasteiger partial charge in [-0.3, -0.25) is 0 Å². The zero-order valence-corrected chi connectivity index (χ0v) is 11.9. The third-order valence-electron chi connectivity index (χ3n) is 3.29. The van der Waals surface area contributed by atoms with Crippen molar-refractivity contribution in [3.05, 3.63) is 5.82 Å². The van der Waals surface area contributed by atoms with Gasteiger partial charge in [0.25, 0.3) is 0 Å². The molecule has 4 nitrogen and oxygen atoms in total. The molecule has 0 saturated heterocycles. The summed E-state index contributed by atoms with van der Waals surface area (Å²) in [6.45, 7) is 7.12. The fourth-order valence-electron chi connectivity index (χ4n) is 1.95. The maximum Gasteiger partial charge on any atom is 0.205 e. The average molecular weight is 254 g/mol. The zero-order chi connectivity index (χ0) is 12.6. The van der Waals surface area contributed by atoms with Gasteiger partial charge in [0.2, 0.25) is 5.13 Å². The van der Waals surface area contributed by atoms with Gasteiger partial charge in [-0.15, -0.1) is 0 Å². The van der Waals surface area contributed by atoms with Crippen molar-refractivity contribution < 1.29 is 0 Å². The minimum absolute atomic E-state index is 0.0212. The van der Waals surface area contributed by atoms with Crippen molar-refractivity contribution in [1.82, 2.24) is 9.36 Å². The zero-order valence-electron chi connectivity index (χ0n) is 11.1. The molecule has 2 N–H and O–H groups in total. The van der Waals surface area contributed by atoms with Crippen LogP contribution in [0.3, 0.4) is 0 Å². The molecule has 0 bridgehead atoms. The summed E-state index contributed by atoms with van der Waals surface area (Å²) < 4.78 is 4.45. The van der Waals surface area contributed by atoms with Gasteiger partial charge in [0.05, 0.1) is 0 Å². The van der Waals surface area contributed by atoms with Crippen molar-refractivity contribution in [3.8, 4) is 0 Å². The molecule has 1 atom stereocenters. The van der Waals surface area contributed by atoms with Crippen molar-refractivity contribution in [2.24, 2.45) is 11.7 Å². The molecule has 0 radical (unpaired) electrons. The third-order valence-corrected chi connectivity index (χ3v) is 4.10. The third kappa shape index (κ3) is 2.77. The van der Waals surface area contributed by atoms with Crippen molar-refractivity contribution in [1.29, 1.82) is 0 Å². The molecule has 1 aromatic heterocycles. The van der Waals surface area contributed by atoms with E-state index in [2.05, 4.69) is 42.1 Å². The molecule has 0 aromatic carbocycles. The number of nitrogens with two attached hydrogens (primary N) is 1. The molecule has 96 valence electrons. The van der Waals surface area contributed by atoms with Gasteiger partial charge >= 0.3 is 0 Å². The van der Waals surface area contributed by atoms with Gasteiger partial charge in [-0.1, -0.05) is 20.8 Å². The molecular weight excluding hydrogens is 232 g/mol. The molecule has 1 saturated carbocycles. The van der Waals surface area contributed by atoms with E-state index in [0.29, 0.717) is 12.6 Å². The Morgan fingerprint density at radius 2 is 2.12 bits per heavy atom. The lowest BCUT2D eigenvalue weighted by atomic mass is 9.96. The number of aromatic nitrogens is 2. The Kier molecular flexibility index (Phi) is 3.41. The summed E-state index contributed by atoms with van der Waals surface area (Å²) in [6, 6.07) is 0.427. The first-order chi connectivity index (χ1) is 7.93. The van der Waals surface area contributed by atoms with Gasteiger partial charge in [0.15, 0.2) is 0 Å². The van der Waals surface area contributed by atoms with E-state index < -0.39 is 0 Å². The van der Waals surface area contributed by atoms with Crippen molar-refractivity contribution in [2.75, 3.05) is 18.5 Å². The minimum Gasteiger partial charge on any atom is -0.345 e. The first-order valence-corrected chi connectivity index (χ1v) is 6.98. The van der Waals surface area contributed by atoms with E-state index in [4.69, 9.17) is 5.73 Å². The van der Waals surface area contributed by atoms with Crippen molar-refractivity contribution in [2.45, 2.75) is 45.1 Å². The highest BCUT2D eigenvalue weighted by Gasteiger charge is 2.34. The summed E-state index contributed by atoms with van der Waals surface area (Å²) in [5, 5.41) is 0.997. The van der Waals surface area contributed by atoms with Crippen LogP contribution < -0.4 is 10.6 Å². The number of likely N-dealkylation sites (N-methyl/N-ethyl adjacent to an activating group) is 1. The van der Waals surface area contributed by atoms with Crippen LogP contribution in [0.5, 0.6) is 0 Å². The van der Waals surface area contributed by atoms with Gasteiger partial charge < -0.3 is 10.6 Å². The van der Waals surface area contributed by atoms with Crippen LogP contribution in [0.4, 0.5) is 5.13 Å². The molecule has 5 heteroatoms. The quantitative estimate of drug-likeness (QED) is 0.893. The highest BCUT2D eigenvalue weighted by atomic mass is 32.1. The molecule has 1 aliphatic carbocycles. The van der Waals surface area contributed by atoms with E-state index in [0.717, 1.165) is 16.9 Å². The maximum atomic E-state index is 5.86. The summed E-state index contributed by atoms with van der Waals surface area (Å²) in [5.41, 5.74) is 5.88. The molecule has 2 rings (SSSR count). The molecule has 1 unspecified atom stereocenters. The van der Waals surface area contributed by atoms with Gasteiger partial charge in [0.1, 0.15) is 5.82 Å². The molecule has 0 amide bonds. The first kappa shape index (κ1) is 12.8.